The number of hydrogen-bond donors (Lipinski definition) is 1. The summed E-state index contributed by atoms with van der Waals surface area (Å²) >= 11 is 0. The van der Waals surface area contributed by atoms with Crippen molar-refractivity contribution in [3.05, 3.63) is 29.3 Å². The molecule has 1 aliphatic rings. The first-order chi connectivity index (χ1) is 7.76. The van der Waals surface area contributed by atoms with Gasteiger partial charge >= 0.3 is 0 Å². The molecular weight excluding hydrogens is 198 g/mol. The molecule has 0 saturated carbocycles. The van der Waals surface area contributed by atoms with Crippen molar-refractivity contribution in [3.8, 4) is 0 Å². The molecule has 1 aliphatic heterocycles. The molecule has 1 aromatic rings. The van der Waals surface area contributed by atoms with Crippen molar-refractivity contribution in [2.24, 2.45) is 0 Å². The fourth-order valence-corrected chi connectivity index (χ4v) is 2.70. The van der Waals surface area contributed by atoms with Crippen molar-refractivity contribution in [1.82, 2.24) is 0 Å². The van der Waals surface area contributed by atoms with Gasteiger partial charge in [0, 0.05) is 23.8 Å². The van der Waals surface area contributed by atoms with Crippen molar-refractivity contribution in [2.45, 2.75) is 45.8 Å². The van der Waals surface area contributed by atoms with Crippen molar-refractivity contribution >= 4 is 5.69 Å². The summed E-state index contributed by atoms with van der Waals surface area (Å²) in [6, 6.07) is 7.06. The molecule has 1 fully saturated rings. The Bertz CT molecular complexity index is 362. The quantitative estimate of drug-likeness (QED) is 0.845. The van der Waals surface area contributed by atoms with E-state index in [1.165, 1.54) is 30.5 Å². The van der Waals surface area contributed by atoms with Crippen molar-refractivity contribution in [2.75, 3.05) is 11.4 Å². The van der Waals surface area contributed by atoms with Crippen LogP contribution >= 0.6 is 0 Å². The molecule has 1 aromatic carbocycles. The standard InChI is InChI=1S/C14H21NO/c1-3-13-5-4-8-15(13)14-7-6-11(2)9-12(14)10-16/h6-7,9,13,16H,3-5,8,10H2,1-2H3. The van der Waals surface area contributed by atoms with Crippen LogP contribution in [0.4, 0.5) is 5.69 Å². The predicted molar refractivity (Wildman–Crippen MR) is 67.8 cm³/mol. The summed E-state index contributed by atoms with van der Waals surface area (Å²) in [4.78, 5) is 2.46. The highest BCUT2D eigenvalue weighted by atomic mass is 16.3. The molecule has 1 unspecified atom stereocenters. The minimum atomic E-state index is 0.143. The van der Waals surface area contributed by atoms with Gasteiger partial charge in [0.05, 0.1) is 6.61 Å². The first kappa shape index (κ1) is 11.5. The van der Waals surface area contributed by atoms with E-state index in [1.807, 2.05) is 0 Å². The van der Waals surface area contributed by atoms with E-state index in [2.05, 4.69) is 36.9 Å². The fourth-order valence-electron chi connectivity index (χ4n) is 2.70. The van der Waals surface area contributed by atoms with Gasteiger partial charge < -0.3 is 10.0 Å². The topological polar surface area (TPSA) is 23.5 Å². The summed E-state index contributed by atoms with van der Waals surface area (Å²) in [5, 5.41) is 9.44. The second kappa shape index (κ2) is 4.88. The lowest BCUT2D eigenvalue weighted by Gasteiger charge is -2.28. The van der Waals surface area contributed by atoms with Crippen LogP contribution in [0.25, 0.3) is 0 Å². The third kappa shape index (κ3) is 2.07. The number of hydrogen-bond acceptors (Lipinski definition) is 2. The van der Waals surface area contributed by atoms with Crippen LogP contribution < -0.4 is 4.90 Å². The molecule has 0 aromatic heterocycles. The molecule has 0 bridgehead atoms. The van der Waals surface area contributed by atoms with E-state index in [9.17, 15) is 5.11 Å². The number of anilines is 1. The Hall–Kier alpha value is -1.02. The van der Waals surface area contributed by atoms with Crippen LogP contribution in [0.3, 0.4) is 0 Å². The van der Waals surface area contributed by atoms with Crippen LogP contribution in [0.2, 0.25) is 0 Å². The van der Waals surface area contributed by atoms with Crippen molar-refractivity contribution in [3.63, 3.8) is 0 Å². The molecule has 2 heteroatoms. The number of benzene rings is 1. The monoisotopic (exact) mass is 219 g/mol. The lowest BCUT2D eigenvalue weighted by Crippen LogP contribution is -2.29. The molecule has 1 atom stereocenters. The summed E-state index contributed by atoms with van der Waals surface area (Å²) in [6.45, 7) is 5.60. The number of nitrogens with zero attached hydrogens (tertiary/aromatic N) is 1. The summed E-state index contributed by atoms with van der Waals surface area (Å²) in [5.74, 6) is 0. The van der Waals surface area contributed by atoms with Gasteiger partial charge in [-0.3, -0.25) is 0 Å². The van der Waals surface area contributed by atoms with E-state index in [4.69, 9.17) is 0 Å². The van der Waals surface area contributed by atoms with E-state index >= 15 is 0 Å². The van der Waals surface area contributed by atoms with Crippen LogP contribution in [0.15, 0.2) is 18.2 Å². The van der Waals surface area contributed by atoms with Gasteiger partial charge in [0.2, 0.25) is 0 Å². The van der Waals surface area contributed by atoms with Gasteiger partial charge in [0.25, 0.3) is 0 Å². The summed E-state index contributed by atoms with van der Waals surface area (Å²) in [6.07, 6.45) is 3.76. The fraction of sp³-hybridized carbons (Fsp3) is 0.571. The number of aliphatic hydroxyl groups is 1. The molecule has 0 radical (unpaired) electrons. The number of aliphatic hydroxyl groups excluding tert-OH is 1. The molecule has 0 aliphatic carbocycles. The molecule has 16 heavy (non-hydrogen) atoms. The summed E-state index contributed by atoms with van der Waals surface area (Å²) < 4.78 is 0. The maximum absolute atomic E-state index is 9.44. The van der Waals surface area contributed by atoms with E-state index < -0.39 is 0 Å². The average Bonchev–Trinajstić information content (AvgIpc) is 2.76. The lowest BCUT2D eigenvalue weighted by atomic mass is 10.1. The second-order valence-corrected chi connectivity index (χ2v) is 4.69. The molecule has 2 rings (SSSR count). The largest absolute Gasteiger partial charge is 0.392 e. The van der Waals surface area contributed by atoms with E-state index in [0.717, 1.165) is 12.1 Å². The maximum atomic E-state index is 9.44. The minimum Gasteiger partial charge on any atom is -0.392 e. The zero-order valence-corrected chi connectivity index (χ0v) is 10.2. The highest BCUT2D eigenvalue weighted by Crippen LogP contribution is 2.30. The highest BCUT2D eigenvalue weighted by molar-refractivity contribution is 5.56. The molecular formula is C14H21NO. The summed E-state index contributed by atoms with van der Waals surface area (Å²) in [5.41, 5.74) is 3.53. The zero-order valence-electron chi connectivity index (χ0n) is 10.2. The van der Waals surface area contributed by atoms with Crippen LogP contribution in [-0.4, -0.2) is 17.7 Å². The van der Waals surface area contributed by atoms with Crippen LogP contribution in [0.1, 0.15) is 37.3 Å². The Morgan fingerprint density at radius 2 is 2.25 bits per heavy atom. The van der Waals surface area contributed by atoms with Crippen LogP contribution in [0, 0.1) is 6.92 Å². The average molecular weight is 219 g/mol. The molecule has 0 spiro atoms. The Kier molecular flexibility index (Phi) is 3.49. The van der Waals surface area contributed by atoms with Crippen molar-refractivity contribution < 1.29 is 5.11 Å². The third-order valence-corrected chi connectivity index (χ3v) is 3.56. The Balaban J connectivity index is 2.31. The van der Waals surface area contributed by atoms with Gasteiger partial charge in [-0.2, -0.15) is 0 Å². The Morgan fingerprint density at radius 1 is 1.44 bits per heavy atom. The van der Waals surface area contributed by atoms with Gasteiger partial charge in [-0.25, -0.2) is 0 Å². The van der Waals surface area contributed by atoms with E-state index in [0.29, 0.717) is 6.04 Å². The van der Waals surface area contributed by atoms with Gasteiger partial charge in [0.1, 0.15) is 0 Å². The molecule has 1 heterocycles. The van der Waals surface area contributed by atoms with Crippen molar-refractivity contribution in [1.29, 1.82) is 0 Å². The second-order valence-electron chi connectivity index (χ2n) is 4.69. The molecule has 2 nitrogen and oxygen atoms in total. The summed E-state index contributed by atoms with van der Waals surface area (Å²) in [7, 11) is 0. The normalized spacial score (nSPS) is 20.4. The van der Waals surface area contributed by atoms with E-state index in [1.54, 1.807) is 0 Å². The Morgan fingerprint density at radius 3 is 2.94 bits per heavy atom. The van der Waals surface area contributed by atoms with Gasteiger partial charge in [0.15, 0.2) is 0 Å². The smallest absolute Gasteiger partial charge is 0.0702 e. The van der Waals surface area contributed by atoms with Gasteiger partial charge in [-0.1, -0.05) is 24.6 Å². The molecule has 1 N–H and O–H groups in total. The van der Waals surface area contributed by atoms with Crippen LogP contribution in [0.5, 0.6) is 0 Å². The minimum absolute atomic E-state index is 0.143. The van der Waals surface area contributed by atoms with E-state index in [-0.39, 0.29) is 6.61 Å². The first-order valence-corrected chi connectivity index (χ1v) is 6.23. The lowest BCUT2D eigenvalue weighted by molar-refractivity contribution is 0.282. The first-order valence-electron chi connectivity index (χ1n) is 6.23. The zero-order chi connectivity index (χ0) is 11.5. The number of aryl methyl sites for hydroxylation is 1. The molecule has 1 saturated heterocycles. The third-order valence-electron chi connectivity index (χ3n) is 3.56. The van der Waals surface area contributed by atoms with Crippen LogP contribution in [-0.2, 0) is 6.61 Å². The number of rotatable bonds is 3. The van der Waals surface area contributed by atoms with Gasteiger partial charge in [-0.15, -0.1) is 0 Å². The Labute approximate surface area is 97.9 Å². The molecule has 0 amide bonds. The predicted octanol–water partition coefficient (Wildman–Crippen LogP) is 2.87. The van der Waals surface area contributed by atoms with Gasteiger partial charge in [-0.05, 0) is 32.3 Å². The molecule has 88 valence electrons. The SMILES string of the molecule is CCC1CCCN1c1ccc(C)cc1CO. The maximum Gasteiger partial charge on any atom is 0.0702 e. The highest BCUT2D eigenvalue weighted by Gasteiger charge is 2.24.